The Morgan fingerprint density at radius 2 is 1.75 bits per heavy atom. The van der Waals surface area contributed by atoms with Crippen LogP contribution < -0.4 is 5.32 Å². The van der Waals surface area contributed by atoms with Gasteiger partial charge in [-0.15, -0.1) is 0 Å². The highest BCUT2D eigenvalue weighted by Crippen LogP contribution is 2.14. The molecular formula is C13H10ClNO. The van der Waals surface area contributed by atoms with Crippen LogP contribution in [0.25, 0.3) is 0 Å². The fraction of sp³-hybridized carbons (Fsp3) is 0. The predicted octanol–water partition coefficient (Wildman–Crippen LogP) is 3.59. The van der Waals surface area contributed by atoms with Crippen molar-refractivity contribution in [2.24, 2.45) is 0 Å². The van der Waals surface area contributed by atoms with Gasteiger partial charge in [0.1, 0.15) is 0 Å². The van der Waals surface area contributed by atoms with Gasteiger partial charge < -0.3 is 5.32 Å². The van der Waals surface area contributed by atoms with Crippen molar-refractivity contribution in [3.63, 3.8) is 0 Å². The molecule has 3 heteroatoms. The van der Waals surface area contributed by atoms with Crippen molar-refractivity contribution in [3.8, 4) is 0 Å². The molecule has 2 rings (SSSR count). The Morgan fingerprint density at radius 3 is 2.38 bits per heavy atom. The monoisotopic (exact) mass is 243 g/mol. The first kappa shape index (κ1) is 10.7. The van der Waals surface area contributed by atoms with Crippen LogP contribution in [0.3, 0.4) is 0 Å². The Morgan fingerprint density at radius 1 is 1.12 bits per heavy atom. The number of amides is 1. The highest BCUT2D eigenvalue weighted by atomic mass is 35.5. The molecule has 0 aliphatic heterocycles. The van der Waals surface area contributed by atoms with E-state index in [-0.39, 0.29) is 5.91 Å². The molecule has 0 atom stereocenters. The summed E-state index contributed by atoms with van der Waals surface area (Å²) >= 11 is 5.75. The van der Waals surface area contributed by atoms with Crippen LogP contribution in [0.1, 0.15) is 10.4 Å². The first-order valence-electron chi connectivity index (χ1n) is 4.88. The summed E-state index contributed by atoms with van der Waals surface area (Å²) < 4.78 is 0. The molecule has 0 saturated heterocycles. The van der Waals surface area contributed by atoms with Crippen LogP contribution >= 0.6 is 11.6 Å². The molecule has 2 aromatic carbocycles. The van der Waals surface area contributed by atoms with Gasteiger partial charge in [-0.05, 0) is 36.4 Å². The molecule has 2 nitrogen and oxygen atoms in total. The molecule has 0 fully saturated rings. The first-order chi connectivity index (χ1) is 7.75. The highest BCUT2D eigenvalue weighted by Gasteiger charge is 2.04. The summed E-state index contributed by atoms with van der Waals surface area (Å²) in [6.45, 7) is 0. The number of nitrogens with one attached hydrogen (secondary N) is 1. The van der Waals surface area contributed by atoms with E-state index in [1.54, 1.807) is 36.4 Å². The number of anilines is 1. The van der Waals surface area contributed by atoms with Crippen molar-refractivity contribution in [1.82, 2.24) is 0 Å². The number of halogens is 1. The lowest BCUT2D eigenvalue weighted by molar-refractivity contribution is 0.102. The van der Waals surface area contributed by atoms with Crippen molar-refractivity contribution < 1.29 is 4.79 Å². The number of hydrogen-bond donors (Lipinski definition) is 1. The lowest BCUT2D eigenvalue weighted by Crippen LogP contribution is -2.11. The van der Waals surface area contributed by atoms with Crippen LogP contribution in [0.5, 0.6) is 0 Å². The van der Waals surface area contributed by atoms with E-state index >= 15 is 0 Å². The maximum absolute atomic E-state index is 11.8. The maximum atomic E-state index is 11.8. The second-order valence-electron chi connectivity index (χ2n) is 3.33. The Hall–Kier alpha value is -1.80. The summed E-state index contributed by atoms with van der Waals surface area (Å²) in [5.74, 6) is -0.122. The van der Waals surface area contributed by atoms with E-state index in [1.807, 2.05) is 18.2 Å². The molecule has 0 unspecified atom stereocenters. The molecule has 0 saturated carbocycles. The lowest BCUT2D eigenvalue weighted by Gasteiger charge is -2.04. The largest absolute Gasteiger partial charge is 0.322 e. The summed E-state index contributed by atoms with van der Waals surface area (Å²) in [5.41, 5.74) is 1.37. The van der Waals surface area contributed by atoms with Crippen molar-refractivity contribution in [2.75, 3.05) is 5.32 Å². The van der Waals surface area contributed by atoms with E-state index in [4.69, 9.17) is 11.6 Å². The topological polar surface area (TPSA) is 29.1 Å². The Kier molecular flexibility index (Phi) is 3.22. The Balaban J connectivity index is 2.11. The Labute approximate surface area is 98.9 Å². The zero-order chi connectivity index (χ0) is 11.4. The molecule has 1 amide bonds. The number of benzene rings is 2. The molecular weight excluding hydrogens is 234 g/mol. The SMILES string of the molecule is O=C(N[14c]1[14cH][14cH][14c](Cl)[14cH][14cH]1)c1ccccc1. The molecule has 0 heterocycles. The van der Waals surface area contributed by atoms with Crippen LogP contribution in [0.4, 0.5) is 5.69 Å². The van der Waals surface area contributed by atoms with Crippen molar-refractivity contribution in [2.45, 2.75) is 0 Å². The molecule has 0 aromatic heterocycles. The van der Waals surface area contributed by atoms with Gasteiger partial charge in [0.25, 0.3) is 5.91 Å². The number of hydrogen-bond acceptors (Lipinski definition) is 1. The van der Waals surface area contributed by atoms with Gasteiger partial charge in [-0.3, -0.25) is 4.79 Å². The zero-order valence-corrected chi connectivity index (χ0v) is 9.24. The summed E-state index contributed by atoms with van der Waals surface area (Å²) in [4.78, 5) is 11.8. The third kappa shape index (κ3) is 2.61. The molecule has 0 bridgehead atoms. The van der Waals surface area contributed by atoms with Crippen molar-refractivity contribution in [3.05, 3.63) is 65.2 Å². The second kappa shape index (κ2) is 4.81. The normalized spacial score (nSPS) is 9.81. The molecule has 0 aliphatic carbocycles. The minimum Gasteiger partial charge on any atom is -0.322 e. The number of carbonyl (C=O) groups excluding carboxylic acids is 1. The van der Waals surface area contributed by atoms with E-state index < -0.39 is 0 Å². The highest BCUT2D eigenvalue weighted by molar-refractivity contribution is 6.30. The van der Waals surface area contributed by atoms with Gasteiger partial charge in [-0.25, -0.2) is 0 Å². The molecule has 0 aliphatic rings. The smallest absolute Gasteiger partial charge is 0.255 e. The van der Waals surface area contributed by atoms with Crippen LogP contribution in [-0.2, 0) is 0 Å². The summed E-state index contributed by atoms with van der Waals surface area (Å²) in [6, 6.07) is 16.1. The third-order valence-electron chi connectivity index (χ3n) is 2.14. The summed E-state index contributed by atoms with van der Waals surface area (Å²) in [6.07, 6.45) is 0. The number of rotatable bonds is 2. The van der Waals surface area contributed by atoms with E-state index in [0.717, 1.165) is 5.69 Å². The minimum atomic E-state index is -0.122. The standard InChI is InChI=1S/C13H10ClNO/c14-11-6-8-12(9-7-11)15-13(16)10-4-2-1-3-5-10/h1-9H,(H,15,16)/i6+2,7+2,8+2,9+2,11+2,12+2. The van der Waals surface area contributed by atoms with Crippen molar-refractivity contribution >= 4 is 23.2 Å². The summed E-state index contributed by atoms with van der Waals surface area (Å²) in [5, 5.41) is 3.44. The van der Waals surface area contributed by atoms with Gasteiger partial charge in [0.05, 0.1) is 0 Å². The van der Waals surface area contributed by atoms with Crippen LogP contribution in [-0.4, -0.2) is 5.91 Å². The molecule has 16 heavy (non-hydrogen) atoms. The van der Waals surface area contributed by atoms with E-state index in [9.17, 15) is 4.79 Å². The fourth-order valence-corrected chi connectivity index (χ4v) is 1.45. The van der Waals surface area contributed by atoms with Crippen LogP contribution in [0.2, 0.25) is 5.02 Å². The van der Waals surface area contributed by atoms with Gasteiger partial charge in [-0.1, -0.05) is 29.8 Å². The van der Waals surface area contributed by atoms with Gasteiger partial charge in [0, 0.05) is 16.3 Å². The fourth-order valence-electron chi connectivity index (χ4n) is 1.33. The molecule has 0 radical (unpaired) electrons. The first-order valence-corrected chi connectivity index (χ1v) is 5.25. The second-order valence-corrected chi connectivity index (χ2v) is 3.76. The van der Waals surface area contributed by atoms with Gasteiger partial charge in [0.2, 0.25) is 0 Å². The minimum absolute atomic E-state index is 0.122. The lowest BCUT2D eigenvalue weighted by atomic mass is 10.2. The molecule has 80 valence electrons. The Bertz CT molecular complexity index is 479. The third-order valence-corrected chi connectivity index (χ3v) is 2.39. The quantitative estimate of drug-likeness (QED) is 0.858. The van der Waals surface area contributed by atoms with Crippen molar-refractivity contribution in [1.29, 1.82) is 0 Å². The predicted molar refractivity (Wildman–Crippen MR) is 65.8 cm³/mol. The average molecular weight is 244 g/mol. The number of carbonyl (C=O) groups is 1. The van der Waals surface area contributed by atoms with E-state index in [2.05, 4.69) is 5.32 Å². The van der Waals surface area contributed by atoms with E-state index in [0.29, 0.717) is 10.6 Å². The maximum Gasteiger partial charge on any atom is 0.255 e. The summed E-state index contributed by atoms with van der Waals surface area (Å²) in [7, 11) is 0. The average Bonchev–Trinajstić information content (AvgIpc) is 2.33. The van der Waals surface area contributed by atoms with Crippen LogP contribution in [0.15, 0.2) is 54.6 Å². The molecule has 0 spiro atoms. The van der Waals surface area contributed by atoms with Gasteiger partial charge in [-0.2, -0.15) is 0 Å². The molecule has 2 aromatic rings. The zero-order valence-electron chi connectivity index (χ0n) is 8.48. The van der Waals surface area contributed by atoms with E-state index in [1.165, 1.54) is 0 Å². The van der Waals surface area contributed by atoms with Crippen LogP contribution in [0, 0.1) is 0 Å². The van der Waals surface area contributed by atoms with Gasteiger partial charge >= 0.3 is 0 Å². The molecule has 1 N–H and O–H groups in total. The van der Waals surface area contributed by atoms with Gasteiger partial charge in [0.15, 0.2) is 0 Å².